The van der Waals surface area contributed by atoms with Crippen molar-refractivity contribution in [3.8, 4) is 17.2 Å². The molecule has 1 aliphatic heterocycles. The maximum atomic E-state index is 12.5. The van der Waals surface area contributed by atoms with Crippen molar-refractivity contribution in [3.05, 3.63) is 78.1 Å². The van der Waals surface area contributed by atoms with Gasteiger partial charge < -0.3 is 19.5 Å². The molecule has 0 saturated heterocycles. The molecular formula is C21H18N2O4. The predicted octanol–water partition coefficient (Wildman–Crippen LogP) is 3.68. The summed E-state index contributed by atoms with van der Waals surface area (Å²) >= 11 is 0. The molecule has 0 unspecified atom stereocenters. The number of pyridine rings is 1. The quantitative estimate of drug-likeness (QED) is 0.750. The Morgan fingerprint density at radius 3 is 2.74 bits per heavy atom. The van der Waals surface area contributed by atoms with Gasteiger partial charge in [-0.05, 0) is 42.5 Å². The molecule has 0 atom stereocenters. The van der Waals surface area contributed by atoms with E-state index in [4.69, 9.17) is 14.2 Å². The van der Waals surface area contributed by atoms with E-state index >= 15 is 0 Å². The lowest BCUT2D eigenvalue weighted by atomic mass is 10.1. The molecule has 0 saturated carbocycles. The van der Waals surface area contributed by atoms with E-state index in [2.05, 4.69) is 10.3 Å². The lowest BCUT2D eigenvalue weighted by Crippen LogP contribution is -2.17. The summed E-state index contributed by atoms with van der Waals surface area (Å²) in [5.41, 5.74) is 1.98. The molecule has 0 bridgehead atoms. The smallest absolute Gasteiger partial charge is 0.255 e. The molecule has 0 spiro atoms. The number of rotatable bonds is 5. The van der Waals surface area contributed by atoms with Crippen LogP contribution in [0.5, 0.6) is 17.2 Å². The maximum Gasteiger partial charge on any atom is 0.255 e. The van der Waals surface area contributed by atoms with Crippen LogP contribution >= 0.6 is 0 Å². The molecule has 6 heteroatoms. The Labute approximate surface area is 156 Å². The number of carbonyl (C=O) groups is 1. The number of amides is 1. The average molecular weight is 362 g/mol. The molecule has 0 aliphatic carbocycles. The second kappa shape index (κ2) is 7.78. The summed E-state index contributed by atoms with van der Waals surface area (Å²) in [7, 11) is 0. The summed E-state index contributed by atoms with van der Waals surface area (Å²) in [4.78, 5) is 16.8. The molecule has 1 amide bonds. The number of fused-ring (bicyclic) bond motifs is 1. The minimum absolute atomic E-state index is 0.228. The number of hydrogen-bond acceptors (Lipinski definition) is 5. The Hall–Kier alpha value is -3.54. The normalized spacial score (nSPS) is 12.3. The fourth-order valence-electron chi connectivity index (χ4n) is 2.69. The number of carbonyl (C=O) groups excluding carboxylic acids is 1. The molecular weight excluding hydrogens is 344 g/mol. The third kappa shape index (κ3) is 4.17. The van der Waals surface area contributed by atoms with Crippen LogP contribution in [0.4, 0.5) is 5.69 Å². The van der Waals surface area contributed by atoms with Crippen molar-refractivity contribution in [1.82, 2.24) is 4.98 Å². The Bertz CT molecular complexity index is 944. The molecule has 1 aromatic heterocycles. The van der Waals surface area contributed by atoms with Gasteiger partial charge in [-0.2, -0.15) is 0 Å². The minimum Gasteiger partial charge on any atom is -0.487 e. The molecule has 3 aromatic rings. The van der Waals surface area contributed by atoms with Crippen LogP contribution in [0.15, 0.2) is 66.9 Å². The lowest BCUT2D eigenvalue weighted by molar-refractivity contribution is 0.102. The maximum absolute atomic E-state index is 12.5. The molecule has 1 aliphatic rings. The number of ether oxygens (including phenoxy) is 3. The van der Waals surface area contributed by atoms with E-state index < -0.39 is 0 Å². The average Bonchev–Trinajstić information content (AvgIpc) is 2.73. The zero-order valence-corrected chi connectivity index (χ0v) is 14.6. The standard InChI is InChI=1S/C21H18N2O4/c24-21(15-7-8-19-20(12-15)26-11-10-25-19)23-16-5-3-6-18(13-16)27-14-17-4-1-2-9-22-17/h1-9,12-13H,10-11,14H2,(H,23,24). The fraction of sp³-hybridized carbons (Fsp3) is 0.143. The summed E-state index contributed by atoms with van der Waals surface area (Å²) in [5.74, 6) is 1.67. The van der Waals surface area contributed by atoms with Crippen LogP contribution < -0.4 is 19.5 Å². The SMILES string of the molecule is O=C(Nc1cccc(OCc2ccccn2)c1)c1ccc2c(c1)OCCO2. The van der Waals surface area contributed by atoms with Gasteiger partial charge in [0.05, 0.1) is 5.69 Å². The van der Waals surface area contributed by atoms with E-state index in [1.807, 2.05) is 36.4 Å². The van der Waals surface area contributed by atoms with E-state index in [-0.39, 0.29) is 5.91 Å². The van der Waals surface area contributed by atoms with Crippen molar-refractivity contribution >= 4 is 11.6 Å². The predicted molar refractivity (Wildman–Crippen MR) is 100 cm³/mol. The highest BCUT2D eigenvalue weighted by Gasteiger charge is 2.15. The van der Waals surface area contributed by atoms with Crippen LogP contribution in [-0.2, 0) is 6.61 Å². The minimum atomic E-state index is -0.228. The monoisotopic (exact) mass is 362 g/mol. The van der Waals surface area contributed by atoms with Crippen LogP contribution in [-0.4, -0.2) is 24.1 Å². The van der Waals surface area contributed by atoms with Gasteiger partial charge in [-0.1, -0.05) is 12.1 Å². The van der Waals surface area contributed by atoms with Crippen molar-refractivity contribution in [1.29, 1.82) is 0 Å². The largest absolute Gasteiger partial charge is 0.487 e. The van der Waals surface area contributed by atoms with Gasteiger partial charge in [-0.25, -0.2) is 0 Å². The van der Waals surface area contributed by atoms with Crippen molar-refractivity contribution in [2.75, 3.05) is 18.5 Å². The fourth-order valence-corrected chi connectivity index (χ4v) is 2.69. The van der Waals surface area contributed by atoms with E-state index in [0.717, 1.165) is 5.69 Å². The summed E-state index contributed by atoms with van der Waals surface area (Å²) in [6.07, 6.45) is 1.72. The third-order valence-electron chi connectivity index (χ3n) is 4.01. The van der Waals surface area contributed by atoms with E-state index in [0.29, 0.717) is 48.3 Å². The first-order valence-corrected chi connectivity index (χ1v) is 8.62. The first kappa shape index (κ1) is 16.9. The van der Waals surface area contributed by atoms with Crippen LogP contribution in [0, 0.1) is 0 Å². The van der Waals surface area contributed by atoms with Crippen LogP contribution in [0.1, 0.15) is 16.1 Å². The topological polar surface area (TPSA) is 69.7 Å². The molecule has 4 rings (SSSR count). The van der Waals surface area contributed by atoms with Crippen molar-refractivity contribution in [2.45, 2.75) is 6.61 Å². The zero-order valence-electron chi connectivity index (χ0n) is 14.6. The molecule has 2 heterocycles. The van der Waals surface area contributed by atoms with Gasteiger partial charge in [-0.3, -0.25) is 9.78 Å². The summed E-state index contributed by atoms with van der Waals surface area (Å²) in [5, 5.41) is 2.87. The van der Waals surface area contributed by atoms with E-state index in [1.54, 1.807) is 30.5 Å². The van der Waals surface area contributed by atoms with Crippen molar-refractivity contribution < 1.29 is 19.0 Å². The number of hydrogen-bond donors (Lipinski definition) is 1. The molecule has 136 valence electrons. The number of nitrogens with one attached hydrogen (secondary N) is 1. The molecule has 2 aromatic carbocycles. The highest BCUT2D eigenvalue weighted by atomic mass is 16.6. The first-order valence-electron chi connectivity index (χ1n) is 8.62. The number of nitrogens with zero attached hydrogens (tertiary/aromatic N) is 1. The van der Waals surface area contributed by atoms with Gasteiger partial charge in [0.1, 0.15) is 25.6 Å². The van der Waals surface area contributed by atoms with Crippen LogP contribution in [0.3, 0.4) is 0 Å². The summed E-state index contributed by atoms with van der Waals surface area (Å²) in [6.45, 7) is 1.36. The lowest BCUT2D eigenvalue weighted by Gasteiger charge is -2.18. The van der Waals surface area contributed by atoms with Crippen molar-refractivity contribution in [2.24, 2.45) is 0 Å². The Kier molecular flexibility index (Phi) is 4.87. The summed E-state index contributed by atoms with van der Waals surface area (Å²) in [6, 6.07) is 18.1. The molecule has 0 radical (unpaired) electrons. The third-order valence-corrected chi connectivity index (χ3v) is 4.01. The number of anilines is 1. The Morgan fingerprint density at radius 2 is 1.89 bits per heavy atom. The Morgan fingerprint density at radius 1 is 1.00 bits per heavy atom. The number of aromatic nitrogens is 1. The van der Waals surface area contributed by atoms with E-state index in [9.17, 15) is 4.79 Å². The van der Waals surface area contributed by atoms with Gasteiger partial charge in [0.15, 0.2) is 11.5 Å². The molecule has 6 nitrogen and oxygen atoms in total. The van der Waals surface area contributed by atoms with Gasteiger partial charge in [0, 0.05) is 23.5 Å². The zero-order chi connectivity index (χ0) is 18.5. The Balaban J connectivity index is 1.42. The molecule has 1 N–H and O–H groups in total. The van der Waals surface area contributed by atoms with Crippen LogP contribution in [0.25, 0.3) is 0 Å². The highest BCUT2D eigenvalue weighted by Crippen LogP contribution is 2.31. The van der Waals surface area contributed by atoms with Crippen molar-refractivity contribution in [3.63, 3.8) is 0 Å². The highest BCUT2D eigenvalue weighted by molar-refractivity contribution is 6.04. The summed E-state index contributed by atoms with van der Waals surface area (Å²) < 4.78 is 16.7. The second-order valence-corrected chi connectivity index (χ2v) is 5.95. The van der Waals surface area contributed by atoms with Gasteiger partial charge in [0.2, 0.25) is 0 Å². The molecule has 0 fully saturated rings. The first-order chi connectivity index (χ1) is 13.3. The second-order valence-electron chi connectivity index (χ2n) is 5.95. The van der Waals surface area contributed by atoms with E-state index in [1.165, 1.54) is 0 Å². The van der Waals surface area contributed by atoms with Gasteiger partial charge in [-0.15, -0.1) is 0 Å². The number of benzene rings is 2. The molecule has 27 heavy (non-hydrogen) atoms. The van der Waals surface area contributed by atoms with Gasteiger partial charge >= 0.3 is 0 Å². The van der Waals surface area contributed by atoms with Gasteiger partial charge in [0.25, 0.3) is 5.91 Å². The van der Waals surface area contributed by atoms with Crippen LogP contribution in [0.2, 0.25) is 0 Å².